The van der Waals surface area contributed by atoms with Gasteiger partial charge in [-0.05, 0) is 24.2 Å². The zero-order valence-corrected chi connectivity index (χ0v) is 10.5. The molecule has 0 spiro atoms. The highest BCUT2D eigenvalue weighted by atomic mass is 16.5. The lowest BCUT2D eigenvalue weighted by Gasteiger charge is -2.18. The second-order valence-corrected chi connectivity index (χ2v) is 4.44. The summed E-state index contributed by atoms with van der Waals surface area (Å²) >= 11 is 0. The van der Waals surface area contributed by atoms with E-state index in [1.807, 2.05) is 12.1 Å². The lowest BCUT2D eigenvalue weighted by molar-refractivity contribution is 0.347. The Labute approximate surface area is 107 Å². The number of fused-ring (bicyclic) bond motifs is 1. The van der Waals surface area contributed by atoms with Gasteiger partial charge in [0, 0.05) is 12.0 Å². The monoisotopic (exact) mass is 243 g/mol. The van der Waals surface area contributed by atoms with Crippen LogP contribution in [0.4, 0.5) is 0 Å². The molecule has 1 aromatic carbocycles. The Kier molecular flexibility index (Phi) is 3.07. The summed E-state index contributed by atoms with van der Waals surface area (Å²) < 4.78 is 11.3. The number of nitrogens with one attached hydrogen (secondary N) is 1. The van der Waals surface area contributed by atoms with E-state index in [0.717, 1.165) is 31.1 Å². The van der Waals surface area contributed by atoms with Gasteiger partial charge in [-0.3, -0.25) is 0 Å². The van der Waals surface area contributed by atoms with E-state index >= 15 is 0 Å². The average molecular weight is 243 g/mol. The molecule has 3 rings (SSSR count). The normalized spacial score (nSPS) is 15.2. The molecule has 0 aliphatic carbocycles. The second kappa shape index (κ2) is 4.86. The Bertz CT molecular complexity index is 519. The molecule has 0 bridgehead atoms. The van der Waals surface area contributed by atoms with E-state index in [0.29, 0.717) is 0 Å². The summed E-state index contributed by atoms with van der Waals surface area (Å²) in [5.74, 6) is 1.96. The Morgan fingerprint density at radius 2 is 2.22 bits per heavy atom. The van der Waals surface area contributed by atoms with Gasteiger partial charge in [-0.2, -0.15) is 0 Å². The van der Waals surface area contributed by atoms with E-state index in [-0.39, 0.29) is 6.04 Å². The van der Waals surface area contributed by atoms with Gasteiger partial charge in [0.25, 0.3) is 0 Å². The average Bonchev–Trinajstić information content (AvgIpc) is 3.06. The molecule has 0 saturated heterocycles. The molecule has 1 atom stereocenters. The van der Waals surface area contributed by atoms with Crippen molar-refractivity contribution in [2.24, 2.45) is 0 Å². The molecule has 3 nitrogen and oxygen atoms in total. The fourth-order valence-electron chi connectivity index (χ4n) is 2.49. The van der Waals surface area contributed by atoms with Gasteiger partial charge in [-0.25, -0.2) is 0 Å². The second-order valence-electron chi connectivity index (χ2n) is 4.44. The standard InChI is InChI=1S/C15H17NO2/c1-2-16-14(13-7-4-9-17-13)12-6-3-5-11-8-10-18-15(11)12/h3-7,9,14,16H,2,8,10H2,1H3. The molecule has 1 aliphatic rings. The Morgan fingerprint density at radius 1 is 1.28 bits per heavy atom. The highest BCUT2D eigenvalue weighted by molar-refractivity contribution is 5.47. The van der Waals surface area contributed by atoms with E-state index in [1.54, 1.807) is 6.26 Å². The molecule has 94 valence electrons. The molecule has 18 heavy (non-hydrogen) atoms. The fraction of sp³-hybridized carbons (Fsp3) is 0.333. The summed E-state index contributed by atoms with van der Waals surface area (Å²) in [6.45, 7) is 3.76. The van der Waals surface area contributed by atoms with E-state index in [9.17, 15) is 0 Å². The van der Waals surface area contributed by atoms with Gasteiger partial charge in [-0.15, -0.1) is 0 Å². The molecule has 2 aromatic rings. The van der Waals surface area contributed by atoms with Gasteiger partial charge in [0.05, 0.1) is 18.9 Å². The molecule has 1 N–H and O–H groups in total. The maximum Gasteiger partial charge on any atom is 0.127 e. The third kappa shape index (κ3) is 1.91. The van der Waals surface area contributed by atoms with Crippen LogP contribution in [0, 0.1) is 0 Å². The number of para-hydroxylation sites is 1. The van der Waals surface area contributed by atoms with Crippen LogP contribution in [-0.2, 0) is 6.42 Å². The van der Waals surface area contributed by atoms with Crippen LogP contribution in [0.3, 0.4) is 0 Å². The molecule has 1 unspecified atom stereocenters. The highest BCUT2D eigenvalue weighted by Gasteiger charge is 2.24. The maximum absolute atomic E-state index is 5.77. The number of rotatable bonds is 4. The lowest BCUT2D eigenvalue weighted by Crippen LogP contribution is -2.22. The molecule has 0 amide bonds. The van der Waals surface area contributed by atoms with Gasteiger partial charge < -0.3 is 14.5 Å². The predicted octanol–water partition coefficient (Wildman–Crippen LogP) is 2.91. The number of furan rings is 1. The molecule has 0 fully saturated rings. The van der Waals surface area contributed by atoms with E-state index in [4.69, 9.17) is 9.15 Å². The molecule has 0 radical (unpaired) electrons. The van der Waals surface area contributed by atoms with Crippen molar-refractivity contribution in [1.82, 2.24) is 5.32 Å². The van der Waals surface area contributed by atoms with Crippen molar-refractivity contribution in [3.05, 3.63) is 53.5 Å². The lowest BCUT2D eigenvalue weighted by atomic mass is 10.00. The molecule has 3 heteroatoms. The summed E-state index contributed by atoms with van der Waals surface area (Å²) in [7, 11) is 0. The van der Waals surface area contributed by atoms with Crippen molar-refractivity contribution < 1.29 is 9.15 Å². The highest BCUT2D eigenvalue weighted by Crippen LogP contribution is 2.36. The van der Waals surface area contributed by atoms with Crippen LogP contribution in [-0.4, -0.2) is 13.2 Å². The van der Waals surface area contributed by atoms with E-state index in [1.165, 1.54) is 11.1 Å². The summed E-state index contributed by atoms with van der Waals surface area (Å²) in [5, 5.41) is 3.46. The number of hydrogen-bond donors (Lipinski definition) is 1. The van der Waals surface area contributed by atoms with Gasteiger partial charge in [0.15, 0.2) is 0 Å². The van der Waals surface area contributed by atoms with Crippen molar-refractivity contribution in [2.45, 2.75) is 19.4 Å². The van der Waals surface area contributed by atoms with Crippen LogP contribution >= 0.6 is 0 Å². The first-order valence-electron chi connectivity index (χ1n) is 6.41. The van der Waals surface area contributed by atoms with Crippen LogP contribution < -0.4 is 10.1 Å². The Hall–Kier alpha value is -1.74. The first-order chi connectivity index (χ1) is 8.90. The van der Waals surface area contributed by atoms with Crippen molar-refractivity contribution in [3.8, 4) is 5.75 Å². The molecular formula is C15H17NO2. The smallest absolute Gasteiger partial charge is 0.127 e. The van der Waals surface area contributed by atoms with Gasteiger partial charge in [0.2, 0.25) is 0 Å². The molecule has 1 aliphatic heterocycles. The first-order valence-corrected chi connectivity index (χ1v) is 6.41. The minimum absolute atomic E-state index is 0.0676. The van der Waals surface area contributed by atoms with Gasteiger partial charge >= 0.3 is 0 Å². The Morgan fingerprint density at radius 3 is 3.00 bits per heavy atom. The first kappa shape index (κ1) is 11.4. The van der Waals surface area contributed by atoms with Crippen LogP contribution in [0.15, 0.2) is 41.0 Å². The SMILES string of the molecule is CCNC(c1ccco1)c1cccc2c1OCC2. The maximum atomic E-state index is 5.77. The Balaban J connectivity index is 2.03. The van der Waals surface area contributed by atoms with Crippen molar-refractivity contribution in [3.63, 3.8) is 0 Å². The predicted molar refractivity (Wildman–Crippen MR) is 69.9 cm³/mol. The van der Waals surface area contributed by atoms with Crippen molar-refractivity contribution in [1.29, 1.82) is 0 Å². The summed E-state index contributed by atoms with van der Waals surface area (Å²) in [6.07, 6.45) is 2.71. The summed E-state index contributed by atoms with van der Waals surface area (Å²) in [4.78, 5) is 0. The van der Waals surface area contributed by atoms with E-state index in [2.05, 4.69) is 30.4 Å². The summed E-state index contributed by atoms with van der Waals surface area (Å²) in [5.41, 5.74) is 2.46. The number of benzene rings is 1. The number of hydrogen-bond acceptors (Lipinski definition) is 3. The minimum Gasteiger partial charge on any atom is -0.493 e. The molecular weight excluding hydrogens is 226 g/mol. The minimum atomic E-state index is 0.0676. The zero-order chi connectivity index (χ0) is 12.4. The van der Waals surface area contributed by atoms with Gasteiger partial charge in [-0.1, -0.05) is 25.1 Å². The molecule has 0 saturated carbocycles. The third-order valence-corrected chi connectivity index (χ3v) is 3.29. The van der Waals surface area contributed by atoms with E-state index < -0.39 is 0 Å². The summed E-state index contributed by atoms with van der Waals surface area (Å²) in [6, 6.07) is 10.3. The third-order valence-electron chi connectivity index (χ3n) is 3.29. The van der Waals surface area contributed by atoms with Gasteiger partial charge in [0.1, 0.15) is 11.5 Å². The van der Waals surface area contributed by atoms with Crippen molar-refractivity contribution >= 4 is 0 Å². The largest absolute Gasteiger partial charge is 0.493 e. The topological polar surface area (TPSA) is 34.4 Å². The molecule has 1 aromatic heterocycles. The van der Waals surface area contributed by atoms with Crippen LogP contribution in [0.1, 0.15) is 29.9 Å². The van der Waals surface area contributed by atoms with Crippen molar-refractivity contribution in [2.75, 3.05) is 13.2 Å². The van der Waals surface area contributed by atoms with Crippen LogP contribution in [0.25, 0.3) is 0 Å². The zero-order valence-electron chi connectivity index (χ0n) is 10.5. The quantitative estimate of drug-likeness (QED) is 0.896. The number of ether oxygens (including phenoxy) is 1. The van der Waals surface area contributed by atoms with Crippen LogP contribution in [0.2, 0.25) is 0 Å². The van der Waals surface area contributed by atoms with Crippen LogP contribution in [0.5, 0.6) is 5.75 Å². The fourth-order valence-corrected chi connectivity index (χ4v) is 2.49. The molecule has 2 heterocycles.